The Morgan fingerprint density at radius 2 is 1.43 bits per heavy atom. The SMILES string of the molecule is O=C(Nc1cccc(C(F)(F)F)c1)Nc1cc(S(=O)(=O)Nc2ccccc2)ccc1-c1cccc(F)c1. The minimum atomic E-state index is -4.60. The lowest BCUT2D eigenvalue weighted by atomic mass is 10.0. The zero-order valence-corrected chi connectivity index (χ0v) is 19.7. The summed E-state index contributed by atoms with van der Waals surface area (Å²) in [5.41, 5.74) is -0.147. The number of benzene rings is 4. The van der Waals surface area contributed by atoms with E-state index in [0.717, 1.165) is 18.2 Å². The lowest BCUT2D eigenvalue weighted by Gasteiger charge is -2.16. The van der Waals surface area contributed by atoms with E-state index in [4.69, 9.17) is 0 Å². The minimum absolute atomic E-state index is 0.00832. The number of anilines is 3. The largest absolute Gasteiger partial charge is 0.416 e. The summed E-state index contributed by atoms with van der Waals surface area (Å²) in [5, 5.41) is 4.77. The Morgan fingerprint density at radius 1 is 0.730 bits per heavy atom. The van der Waals surface area contributed by atoms with Gasteiger partial charge in [-0.15, -0.1) is 0 Å². The molecule has 0 heterocycles. The number of amides is 2. The predicted molar refractivity (Wildman–Crippen MR) is 133 cm³/mol. The van der Waals surface area contributed by atoms with Crippen molar-refractivity contribution < 1.29 is 30.8 Å². The molecule has 0 fully saturated rings. The molecular weight excluding hydrogens is 510 g/mol. The van der Waals surface area contributed by atoms with Gasteiger partial charge in [0, 0.05) is 16.9 Å². The lowest BCUT2D eigenvalue weighted by Crippen LogP contribution is -2.21. The molecule has 4 aromatic carbocycles. The summed E-state index contributed by atoms with van der Waals surface area (Å²) < 4.78 is 81.3. The van der Waals surface area contributed by atoms with Crippen LogP contribution in [0.3, 0.4) is 0 Å². The van der Waals surface area contributed by atoms with E-state index in [1.54, 1.807) is 36.4 Å². The van der Waals surface area contributed by atoms with Crippen molar-refractivity contribution in [3.05, 3.63) is 108 Å². The van der Waals surface area contributed by atoms with Gasteiger partial charge in [-0.25, -0.2) is 17.6 Å². The maximum Gasteiger partial charge on any atom is 0.416 e. The first-order valence-corrected chi connectivity index (χ1v) is 12.2. The van der Waals surface area contributed by atoms with Crippen molar-refractivity contribution in [2.45, 2.75) is 11.1 Å². The highest BCUT2D eigenvalue weighted by atomic mass is 32.2. The summed E-state index contributed by atoms with van der Waals surface area (Å²) in [6.45, 7) is 0. The zero-order chi connectivity index (χ0) is 26.6. The molecule has 4 rings (SSSR count). The van der Waals surface area contributed by atoms with Crippen molar-refractivity contribution in [1.82, 2.24) is 0 Å². The second-order valence-corrected chi connectivity index (χ2v) is 9.53. The van der Waals surface area contributed by atoms with E-state index in [2.05, 4.69) is 15.4 Å². The summed E-state index contributed by atoms with van der Waals surface area (Å²) in [7, 11) is -4.08. The third-order valence-corrected chi connectivity index (χ3v) is 6.54. The zero-order valence-electron chi connectivity index (χ0n) is 18.9. The lowest BCUT2D eigenvalue weighted by molar-refractivity contribution is -0.137. The van der Waals surface area contributed by atoms with Crippen LogP contribution < -0.4 is 15.4 Å². The number of rotatable bonds is 6. The Hall–Kier alpha value is -4.38. The highest BCUT2D eigenvalue weighted by Crippen LogP contribution is 2.33. The molecule has 0 bridgehead atoms. The van der Waals surface area contributed by atoms with Crippen molar-refractivity contribution in [2.75, 3.05) is 15.4 Å². The van der Waals surface area contributed by atoms with Crippen molar-refractivity contribution in [1.29, 1.82) is 0 Å². The van der Waals surface area contributed by atoms with Crippen molar-refractivity contribution in [2.24, 2.45) is 0 Å². The van der Waals surface area contributed by atoms with Gasteiger partial charge in [0.1, 0.15) is 5.82 Å². The Bertz CT molecular complexity index is 1540. The van der Waals surface area contributed by atoms with Crippen LogP contribution in [0.2, 0.25) is 0 Å². The topological polar surface area (TPSA) is 87.3 Å². The first-order chi connectivity index (χ1) is 17.5. The van der Waals surface area contributed by atoms with E-state index in [9.17, 15) is 30.8 Å². The van der Waals surface area contributed by atoms with E-state index in [-0.39, 0.29) is 21.8 Å². The number of sulfonamides is 1. The molecule has 0 aliphatic heterocycles. The van der Waals surface area contributed by atoms with Crippen LogP contribution in [0.1, 0.15) is 5.56 Å². The van der Waals surface area contributed by atoms with Gasteiger partial charge in [0.05, 0.1) is 16.1 Å². The molecule has 4 aromatic rings. The number of halogens is 4. The van der Waals surface area contributed by atoms with Crippen LogP contribution in [0.25, 0.3) is 11.1 Å². The third-order valence-electron chi connectivity index (χ3n) is 5.16. The van der Waals surface area contributed by atoms with Crippen LogP contribution in [0, 0.1) is 5.82 Å². The van der Waals surface area contributed by atoms with E-state index in [1.807, 2.05) is 0 Å². The number of para-hydroxylation sites is 1. The summed E-state index contributed by atoms with van der Waals surface area (Å²) >= 11 is 0. The molecule has 11 heteroatoms. The monoisotopic (exact) mass is 529 g/mol. The Kier molecular flexibility index (Phi) is 7.16. The molecular formula is C26H19F4N3O3S. The van der Waals surface area contributed by atoms with Gasteiger partial charge in [-0.2, -0.15) is 13.2 Å². The average molecular weight is 530 g/mol. The molecule has 6 nitrogen and oxygen atoms in total. The summed E-state index contributed by atoms with van der Waals surface area (Å²) in [5.74, 6) is -0.556. The van der Waals surface area contributed by atoms with Crippen LogP contribution >= 0.6 is 0 Å². The van der Waals surface area contributed by atoms with Gasteiger partial charge in [-0.3, -0.25) is 4.72 Å². The third kappa shape index (κ3) is 6.44. The number of carbonyl (C=O) groups is 1. The quantitative estimate of drug-likeness (QED) is 0.236. The van der Waals surface area contributed by atoms with Gasteiger partial charge in [-0.05, 0) is 60.2 Å². The fraction of sp³-hybridized carbons (Fsp3) is 0.0385. The maximum atomic E-state index is 13.9. The normalized spacial score (nSPS) is 11.6. The van der Waals surface area contributed by atoms with Gasteiger partial charge in [0.2, 0.25) is 0 Å². The molecule has 0 aromatic heterocycles. The number of carbonyl (C=O) groups excluding carboxylic acids is 1. The van der Waals surface area contributed by atoms with E-state index >= 15 is 0 Å². The van der Waals surface area contributed by atoms with Crippen LogP contribution in [0.15, 0.2) is 102 Å². The van der Waals surface area contributed by atoms with Crippen LogP contribution in [0.4, 0.5) is 39.4 Å². The standard InChI is InChI=1S/C26H19F4N3O3S/c27-19-8-4-6-17(14-19)23-13-12-22(37(35,36)33-20-9-2-1-3-10-20)16-24(23)32-25(34)31-21-11-5-7-18(15-21)26(28,29)30/h1-16,33H,(H2,31,32,34). The minimum Gasteiger partial charge on any atom is -0.308 e. The molecule has 0 saturated heterocycles. The fourth-order valence-corrected chi connectivity index (χ4v) is 4.56. The molecule has 190 valence electrons. The summed E-state index contributed by atoms with van der Waals surface area (Å²) in [6.07, 6.45) is -4.60. The Balaban J connectivity index is 1.67. The summed E-state index contributed by atoms with van der Waals surface area (Å²) in [6, 6.07) is 20.5. The molecule has 0 radical (unpaired) electrons. The first kappa shape index (κ1) is 25.7. The van der Waals surface area contributed by atoms with Gasteiger partial charge < -0.3 is 10.6 Å². The van der Waals surface area contributed by atoms with Crippen molar-refractivity contribution in [3.63, 3.8) is 0 Å². The molecule has 0 atom stereocenters. The maximum absolute atomic E-state index is 13.9. The second-order valence-electron chi connectivity index (χ2n) is 7.85. The summed E-state index contributed by atoms with van der Waals surface area (Å²) in [4.78, 5) is 12.5. The van der Waals surface area contributed by atoms with Gasteiger partial charge in [0.25, 0.3) is 10.0 Å². The molecule has 0 aliphatic carbocycles. The molecule has 2 amide bonds. The highest BCUT2D eigenvalue weighted by Gasteiger charge is 2.30. The van der Waals surface area contributed by atoms with Gasteiger partial charge >= 0.3 is 12.2 Å². The molecule has 3 N–H and O–H groups in total. The number of alkyl halides is 3. The van der Waals surface area contributed by atoms with E-state index in [0.29, 0.717) is 11.3 Å². The van der Waals surface area contributed by atoms with E-state index < -0.39 is 33.6 Å². The van der Waals surface area contributed by atoms with Gasteiger partial charge in [-0.1, -0.05) is 42.5 Å². The second kappa shape index (κ2) is 10.3. The van der Waals surface area contributed by atoms with Crippen LogP contribution in [-0.4, -0.2) is 14.4 Å². The highest BCUT2D eigenvalue weighted by molar-refractivity contribution is 7.92. The van der Waals surface area contributed by atoms with Crippen molar-refractivity contribution in [3.8, 4) is 11.1 Å². The predicted octanol–water partition coefficient (Wildman–Crippen LogP) is 6.96. The molecule has 0 aliphatic rings. The Morgan fingerprint density at radius 3 is 2.14 bits per heavy atom. The molecule has 0 spiro atoms. The average Bonchev–Trinajstić information content (AvgIpc) is 2.84. The molecule has 37 heavy (non-hydrogen) atoms. The number of hydrogen-bond donors (Lipinski definition) is 3. The van der Waals surface area contributed by atoms with Crippen molar-refractivity contribution >= 4 is 33.1 Å². The van der Waals surface area contributed by atoms with E-state index in [1.165, 1.54) is 42.5 Å². The first-order valence-electron chi connectivity index (χ1n) is 10.7. The Labute approximate surface area is 210 Å². The van der Waals surface area contributed by atoms with Crippen LogP contribution in [0.5, 0.6) is 0 Å². The number of urea groups is 1. The van der Waals surface area contributed by atoms with Gasteiger partial charge in [0.15, 0.2) is 0 Å². The smallest absolute Gasteiger partial charge is 0.308 e. The molecule has 0 saturated carbocycles. The molecule has 0 unspecified atom stereocenters. The number of nitrogens with one attached hydrogen (secondary N) is 3. The number of hydrogen-bond acceptors (Lipinski definition) is 3. The fourth-order valence-electron chi connectivity index (χ4n) is 3.48. The van der Waals surface area contributed by atoms with Crippen LogP contribution in [-0.2, 0) is 16.2 Å².